The summed E-state index contributed by atoms with van der Waals surface area (Å²) in [5.41, 5.74) is 1.37. The van der Waals surface area contributed by atoms with Gasteiger partial charge in [-0.1, -0.05) is 44.2 Å². The average molecular weight is 263 g/mol. The van der Waals surface area contributed by atoms with Crippen LogP contribution in [0.1, 0.15) is 52.0 Å². The Morgan fingerprint density at radius 2 is 1.84 bits per heavy atom. The molecule has 108 valence electrons. The summed E-state index contributed by atoms with van der Waals surface area (Å²) < 4.78 is 5.52. The summed E-state index contributed by atoms with van der Waals surface area (Å²) in [5, 5.41) is 3.62. The van der Waals surface area contributed by atoms with Crippen LogP contribution in [0.2, 0.25) is 0 Å². The Morgan fingerprint density at radius 3 is 2.37 bits per heavy atom. The van der Waals surface area contributed by atoms with Crippen molar-refractivity contribution in [3.05, 3.63) is 35.9 Å². The molecule has 19 heavy (non-hydrogen) atoms. The van der Waals surface area contributed by atoms with E-state index in [-0.39, 0.29) is 5.60 Å². The molecule has 1 aromatic carbocycles. The predicted molar refractivity (Wildman–Crippen MR) is 82.6 cm³/mol. The monoisotopic (exact) mass is 263 g/mol. The third kappa shape index (κ3) is 5.33. The molecule has 0 heterocycles. The van der Waals surface area contributed by atoms with E-state index in [9.17, 15) is 0 Å². The second kappa shape index (κ2) is 7.66. The zero-order valence-corrected chi connectivity index (χ0v) is 13.1. The molecule has 0 spiro atoms. The van der Waals surface area contributed by atoms with Gasteiger partial charge in [-0.25, -0.2) is 0 Å². The van der Waals surface area contributed by atoms with E-state index in [1.807, 2.05) is 0 Å². The molecule has 1 N–H and O–H groups in total. The molecule has 1 rings (SSSR count). The summed E-state index contributed by atoms with van der Waals surface area (Å²) in [4.78, 5) is 0. The first-order chi connectivity index (χ1) is 9.00. The van der Waals surface area contributed by atoms with Crippen molar-refractivity contribution >= 4 is 0 Å². The summed E-state index contributed by atoms with van der Waals surface area (Å²) in [5.74, 6) is 0.522. The molecule has 0 bridgehead atoms. The fourth-order valence-corrected chi connectivity index (χ4v) is 2.39. The molecule has 2 atom stereocenters. The maximum atomic E-state index is 5.52. The number of likely N-dealkylation sites (N-methyl/N-ethyl adjacent to an activating group) is 1. The lowest BCUT2D eigenvalue weighted by atomic mass is 9.87. The van der Waals surface area contributed by atoms with Crippen molar-refractivity contribution in [1.29, 1.82) is 0 Å². The van der Waals surface area contributed by atoms with Crippen molar-refractivity contribution in [2.45, 2.75) is 58.1 Å². The molecule has 0 saturated heterocycles. The van der Waals surface area contributed by atoms with Crippen molar-refractivity contribution < 1.29 is 4.74 Å². The maximum Gasteiger partial charge on any atom is 0.0623 e. The van der Waals surface area contributed by atoms with Crippen LogP contribution in [-0.4, -0.2) is 25.3 Å². The molecule has 0 saturated carbocycles. The van der Waals surface area contributed by atoms with Crippen molar-refractivity contribution in [3.63, 3.8) is 0 Å². The van der Waals surface area contributed by atoms with Crippen molar-refractivity contribution in [1.82, 2.24) is 5.32 Å². The Hall–Kier alpha value is -0.860. The second-order valence-corrected chi connectivity index (χ2v) is 5.87. The highest BCUT2D eigenvalue weighted by molar-refractivity contribution is 5.20. The van der Waals surface area contributed by atoms with Gasteiger partial charge in [-0.3, -0.25) is 0 Å². The number of hydrogen-bond acceptors (Lipinski definition) is 2. The molecule has 0 radical (unpaired) electrons. The third-order valence-corrected chi connectivity index (χ3v) is 4.01. The van der Waals surface area contributed by atoms with E-state index < -0.39 is 0 Å². The third-order valence-electron chi connectivity index (χ3n) is 4.01. The highest BCUT2D eigenvalue weighted by Gasteiger charge is 2.23. The average Bonchev–Trinajstić information content (AvgIpc) is 2.43. The minimum Gasteiger partial charge on any atom is -0.379 e. The smallest absolute Gasteiger partial charge is 0.0623 e. The normalized spacial score (nSPS) is 15.2. The minimum absolute atomic E-state index is 0.0376. The Labute approximate surface area is 118 Å². The first kappa shape index (κ1) is 16.2. The molecule has 0 fully saturated rings. The van der Waals surface area contributed by atoms with Gasteiger partial charge < -0.3 is 10.1 Å². The van der Waals surface area contributed by atoms with Crippen molar-refractivity contribution in [3.8, 4) is 0 Å². The second-order valence-electron chi connectivity index (χ2n) is 5.87. The number of methoxy groups -OCH3 is 1. The Bertz CT molecular complexity index is 348. The van der Waals surface area contributed by atoms with Crippen LogP contribution in [-0.2, 0) is 4.74 Å². The Balaban J connectivity index is 2.66. The standard InChI is InChI=1S/C17H29NO/c1-6-18-16(12-13-17(3,4)19-5)14(2)15-10-8-7-9-11-15/h7-11,14,16,18H,6,12-13H2,1-5H3. The Morgan fingerprint density at radius 1 is 1.21 bits per heavy atom. The first-order valence-electron chi connectivity index (χ1n) is 7.33. The van der Waals surface area contributed by atoms with Crippen LogP contribution in [0.5, 0.6) is 0 Å². The topological polar surface area (TPSA) is 21.3 Å². The highest BCUT2D eigenvalue weighted by Crippen LogP contribution is 2.25. The fourth-order valence-electron chi connectivity index (χ4n) is 2.39. The van der Waals surface area contributed by atoms with Gasteiger partial charge in [0.05, 0.1) is 5.60 Å². The van der Waals surface area contributed by atoms with Gasteiger partial charge in [-0.05, 0) is 44.7 Å². The van der Waals surface area contributed by atoms with Gasteiger partial charge in [0, 0.05) is 13.2 Å². The van der Waals surface area contributed by atoms with E-state index in [2.05, 4.69) is 63.3 Å². The first-order valence-corrected chi connectivity index (χ1v) is 7.33. The highest BCUT2D eigenvalue weighted by atomic mass is 16.5. The summed E-state index contributed by atoms with van der Waals surface area (Å²) in [6.07, 6.45) is 2.20. The van der Waals surface area contributed by atoms with Crippen LogP contribution >= 0.6 is 0 Å². The van der Waals surface area contributed by atoms with Crippen LogP contribution in [0.25, 0.3) is 0 Å². The molecule has 0 aromatic heterocycles. The van der Waals surface area contributed by atoms with Crippen LogP contribution in [0, 0.1) is 0 Å². The molecule has 0 amide bonds. The maximum absolute atomic E-state index is 5.52. The predicted octanol–water partition coefficient (Wildman–Crippen LogP) is 3.97. The molecule has 2 heteroatoms. The molecule has 0 aliphatic carbocycles. The van der Waals surface area contributed by atoms with Gasteiger partial charge in [0.25, 0.3) is 0 Å². The number of rotatable bonds is 8. The molecule has 0 aliphatic rings. The number of benzene rings is 1. The van der Waals surface area contributed by atoms with Gasteiger partial charge in [0.2, 0.25) is 0 Å². The zero-order valence-electron chi connectivity index (χ0n) is 13.1. The molecule has 0 aliphatic heterocycles. The SMILES string of the molecule is CCNC(CCC(C)(C)OC)C(C)c1ccccc1. The lowest BCUT2D eigenvalue weighted by Gasteiger charge is -2.30. The van der Waals surface area contributed by atoms with Crippen LogP contribution in [0.15, 0.2) is 30.3 Å². The van der Waals surface area contributed by atoms with Crippen LogP contribution < -0.4 is 5.32 Å². The fraction of sp³-hybridized carbons (Fsp3) is 0.647. The van der Waals surface area contributed by atoms with Gasteiger partial charge in [0.1, 0.15) is 0 Å². The van der Waals surface area contributed by atoms with Gasteiger partial charge in [-0.2, -0.15) is 0 Å². The zero-order chi connectivity index (χ0) is 14.3. The molecular weight excluding hydrogens is 234 g/mol. The summed E-state index contributed by atoms with van der Waals surface area (Å²) in [7, 11) is 1.79. The number of hydrogen-bond donors (Lipinski definition) is 1. The molecule has 2 nitrogen and oxygen atoms in total. The van der Waals surface area contributed by atoms with E-state index >= 15 is 0 Å². The number of nitrogens with one attached hydrogen (secondary N) is 1. The van der Waals surface area contributed by atoms with Crippen LogP contribution in [0.4, 0.5) is 0 Å². The largest absolute Gasteiger partial charge is 0.379 e. The van der Waals surface area contributed by atoms with E-state index in [4.69, 9.17) is 4.74 Å². The van der Waals surface area contributed by atoms with E-state index in [1.54, 1.807) is 7.11 Å². The lowest BCUT2D eigenvalue weighted by molar-refractivity contribution is 0.0112. The minimum atomic E-state index is -0.0376. The molecule has 1 aromatic rings. The molecule has 2 unspecified atom stereocenters. The van der Waals surface area contributed by atoms with Gasteiger partial charge in [-0.15, -0.1) is 0 Å². The summed E-state index contributed by atoms with van der Waals surface area (Å²) in [6.45, 7) is 9.80. The van der Waals surface area contributed by atoms with Crippen LogP contribution in [0.3, 0.4) is 0 Å². The van der Waals surface area contributed by atoms with Crippen molar-refractivity contribution in [2.75, 3.05) is 13.7 Å². The summed E-state index contributed by atoms with van der Waals surface area (Å²) >= 11 is 0. The van der Waals surface area contributed by atoms with E-state index in [0.29, 0.717) is 12.0 Å². The lowest BCUT2D eigenvalue weighted by Crippen LogP contribution is -2.36. The van der Waals surface area contributed by atoms with Gasteiger partial charge in [0.15, 0.2) is 0 Å². The van der Waals surface area contributed by atoms with Crippen molar-refractivity contribution in [2.24, 2.45) is 0 Å². The number of ether oxygens (including phenoxy) is 1. The Kier molecular flexibility index (Phi) is 6.53. The quantitative estimate of drug-likeness (QED) is 0.766. The van der Waals surface area contributed by atoms with E-state index in [1.165, 1.54) is 5.56 Å². The van der Waals surface area contributed by atoms with E-state index in [0.717, 1.165) is 19.4 Å². The molecular formula is C17H29NO. The summed E-state index contributed by atoms with van der Waals surface area (Å²) in [6, 6.07) is 11.3. The van der Waals surface area contributed by atoms with Gasteiger partial charge >= 0.3 is 0 Å².